The van der Waals surface area contributed by atoms with E-state index in [-0.39, 0.29) is 0 Å². The van der Waals surface area contributed by atoms with Gasteiger partial charge in [0, 0.05) is 17.3 Å². The number of aryl methyl sites for hydroxylation is 1. The van der Waals surface area contributed by atoms with E-state index in [1.54, 1.807) is 18.3 Å². The van der Waals surface area contributed by atoms with Gasteiger partial charge in [0.05, 0.1) is 0 Å². The molecule has 2 heterocycles. The molecule has 0 fully saturated rings. The van der Waals surface area contributed by atoms with E-state index in [1.807, 2.05) is 35.6 Å². The lowest BCUT2D eigenvalue weighted by molar-refractivity contribution is 0.112. The summed E-state index contributed by atoms with van der Waals surface area (Å²) in [5.74, 6) is 0.744. The zero-order valence-electron chi connectivity index (χ0n) is 9.87. The summed E-state index contributed by atoms with van der Waals surface area (Å²) in [4.78, 5) is 10.8. The second-order valence-corrected chi connectivity index (χ2v) is 4.20. The summed E-state index contributed by atoms with van der Waals surface area (Å²) in [7, 11) is 0. The summed E-state index contributed by atoms with van der Waals surface area (Å²) < 4.78 is 1.83. The second kappa shape index (κ2) is 4.07. The molecule has 0 aliphatic carbocycles. The first-order valence-electron chi connectivity index (χ1n) is 5.65. The molecule has 4 heteroatoms. The van der Waals surface area contributed by atoms with Crippen LogP contribution in [0.1, 0.15) is 15.9 Å². The van der Waals surface area contributed by atoms with Crippen LogP contribution in [-0.4, -0.2) is 20.9 Å². The number of pyridine rings is 1. The first-order chi connectivity index (χ1) is 8.78. The van der Waals surface area contributed by atoms with Crippen LogP contribution >= 0.6 is 0 Å². The fraction of sp³-hybridized carbons (Fsp3) is 0.0714. The average molecular weight is 237 g/mol. The minimum absolute atomic E-state index is 0.607. The Balaban J connectivity index is 2.22. The lowest BCUT2D eigenvalue weighted by atomic mass is 10.1. The van der Waals surface area contributed by atoms with Crippen molar-refractivity contribution < 1.29 is 4.79 Å². The number of aromatic nitrogens is 3. The third-order valence-corrected chi connectivity index (χ3v) is 2.87. The molecule has 3 rings (SSSR count). The number of hydrogen-bond donors (Lipinski definition) is 0. The minimum Gasteiger partial charge on any atom is -0.298 e. The Bertz CT molecular complexity index is 713. The van der Waals surface area contributed by atoms with Gasteiger partial charge in [-0.2, -0.15) is 0 Å². The quantitative estimate of drug-likeness (QED) is 0.643. The smallest absolute Gasteiger partial charge is 0.168 e. The summed E-state index contributed by atoms with van der Waals surface area (Å²) >= 11 is 0. The van der Waals surface area contributed by atoms with Crippen molar-refractivity contribution in [3.63, 3.8) is 0 Å². The molecule has 0 bridgehead atoms. The molecule has 4 nitrogen and oxygen atoms in total. The van der Waals surface area contributed by atoms with E-state index in [4.69, 9.17) is 0 Å². The highest BCUT2D eigenvalue weighted by Crippen LogP contribution is 2.19. The maximum Gasteiger partial charge on any atom is 0.168 e. The molecule has 2 aromatic heterocycles. The van der Waals surface area contributed by atoms with Crippen LogP contribution in [0.4, 0.5) is 0 Å². The Morgan fingerprint density at radius 2 is 1.83 bits per heavy atom. The fourth-order valence-corrected chi connectivity index (χ4v) is 1.88. The number of hydrogen-bond acceptors (Lipinski definition) is 3. The monoisotopic (exact) mass is 237 g/mol. The van der Waals surface area contributed by atoms with Crippen LogP contribution in [0.2, 0.25) is 0 Å². The molecule has 0 amide bonds. The van der Waals surface area contributed by atoms with Gasteiger partial charge in [0.1, 0.15) is 0 Å². The fourth-order valence-electron chi connectivity index (χ4n) is 1.88. The molecule has 1 aromatic carbocycles. The van der Waals surface area contributed by atoms with Gasteiger partial charge in [-0.25, -0.2) is 0 Å². The minimum atomic E-state index is 0.607. The van der Waals surface area contributed by atoms with Gasteiger partial charge in [-0.05, 0) is 19.1 Å². The van der Waals surface area contributed by atoms with E-state index >= 15 is 0 Å². The molecular weight excluding hydrogens is 226 g/mol. The number of nitrogens with zero attached hydrogens (tertiary/aromatic N) is 3. The van der Waals surface area contributed by atoms with Crippen molar-refractivity contribution in [3.05, 3.63) is 53.7 Å². The van der Waals surface area contributed by atoms with Gasteiger partial charge in [0.2, 0.25) is 0 Å². The Morgan fingerprint density at radius 1 is 1.06 bits per heavy atom. The third kappa shape index (κ3) is 1.68. The van der Waals surface area contributed by atoms with Gasteiger partial charge in [-0.15, -0.1) is 10.2 Å². The first kappa shape index (κ1) is 10.7. The number of aldehydes is 1. The molecule has 3 aromatic rings. The highest BCUT2D eigenvalue weighted by Gasteiger charge is 2.07. The van der Waals surface area contributed by atoms with E-state index in [0.29, 0.717) is 5.56 Å². The average Bonchev–Trinajstić information content (AvgIpc) is 2.82. The molecule has 0 aliphatic heterocycles. The number of rotatable bonds is 2. The van der Waals surface area contributed by atoms with Crippen LogP contribution in [0.5, 0.6) is 0 Å². The summed E-state index contributed by atoms with van der Waals surface area (Å²) in [5.41, 5.74) is 3.52. The zero-order valence-corrected chi connectivity index (χ0v) is 9.87. The van der Waals surface area contributed by atoms with Crippen LogP contribution in [0.3, 0.4) is 0 Å². The Labute approximate surface area is 104 Å². The highest BCUT2D eigenvalue weighted by atomic mass is 16.1. The molecule has 0 saturated heterocycles. The lowest BCUT2D eigenvalue weighted by Gasteiger charge is -2.01. The molecule has 0 radical (unpaired) electrons. The Hall–Kier alpha value is -2.49. The number of carbonyl (C=O) groups excluding carboxylic acids is 1. The van der Waals surface area contributed by atoms with E-state index in [0.717, 1.165) is 23.3 Å². The number of benzene rings is 1. The van der Waals surface area contributed by atoms with Gasteiger partial charge in [0.15, 0.2) is 17.8 Å². The lowest BCUT2D eigenvalue weighted by Crippen LogP contribution is -1.92. The van der Waals surface area contributed by atoms with Crippen molar-refractivity contribution in [2.75, 3.05) is 0 Å². The molecule has 0 atom stereocenters. The molecule has 0 saturated carbocycles. The molecule has 0 N–H and O–H groups in total. The van der Waals surface area contributed by atoms with E-state index in [1.165, 1.54) is 5.56 Å². The van der Waals surface area contributed by atoms with Gasteiger partial charge >= 0.3 is 0 Å². The van der Waals surface area contributed by atoms with Crippen molar-refractivity contribution in [3.8, 4) is 11.4 Å². The Morgan fingerprint density at radius 3 is 2.56 bits per heavy atom. The van der Waals surface area contributed by atoms with Crippen molar-refractivity contribution >= 4 is 11.9 Å². The molecular formula is C14H11N3O. The molecule has 0 unspecified atom stereocenters. The maximum atomic E-state index is 10.8. The maximum absolute atomic E-state index is 10.8. The van der Waals surface area contributed by atoms with Gasteiger partial charge in [0.25, 0.3) is 0 Å². The van der Waals surface area contributed by atoms with Crippen molar-refractivity contribution in [1.29, 1.82) is 0 Å². The SMILES string of the molecule is Cc1ccc(-c2nnc3ccc(C=O)cn23)cc1. The van der Waals surface area contributed by atoms with Crippen LogP contribution in [0.15, 0.2) is 42.6 Å². The van der Waals surface area contributed by atoms with Crippen LogP contribution in [0, 0.1) is 6.92 Å². The van der Waals surface area contributed by atoms with Gasteiger partial charge in [-0.1, -0.05) is 29.8 Å². The summed E-state index contributed by atoms with van der Waals surface area (Å²) in [6, 6.07) is 11.6. The normalized spacial score (nSPS) is 10.7. The van der Waals surface area contributed by atoms with Crippen LogP contribution in [0.25, 0.3) is 17.0 Å². The van der Waals surface area contributed by atoms with E-state index in [2.05, 4.69) is 10.2 Å². The standard InChI is InChI=1S/C14H11N3O/c1-10-2-5-12(6-3-10)14-16-15-13-7-4-11(9-18)8-17(13)14/h2-9H,1H3. The molecule has 18 heavy (non-hydrogen) atoms. The van der Waals surface area contributed by atoms with E-state index in [9.17, 15) is 4.79 Å². The Kier molecular flexibility index (Phi) is 2.41. The number of carbonyl (C=O) groups is 1. The number of fused-ring (bicyclic) bond motifs is 1. The van der Waals surface area contributed by atoms with Gasteiger partial charge < -0.3 is 0 Å². The first-order valence-corrected chi connectivity index (χ1v) is 5.65. The molecule has 0 aliphatic rings. The molecule has 88 valence electrons. The highest BCUT2D eigenvalue weighted by molar-refractivity contribution is 5.75. The summed E-state index contributed by atoms with van der Waals surface area (Å²) in [6.07, 6.45) is 2.57. The van der Waals surface area contributed by atoms with Crippen molar-refractivity contribution in [2.24, 2.45) is 0 Å². The van der Waals surface area contributed by atoms with Gasteiger partial charge in [-0.3, -0.25) is 9.20 Å². The second-order valence-electron chi connectivity index (χ2n) is 4.20. The van der Waals surface area contributed by atoms with E-state index < -0.39 is 0 Å². The topological polar surface area (TPSA) is 47.3 Å². The largest absolute Gasteiger partial charge is 0.298 e. The van der Waals surface area contributed by atoms with Crippen LogP contribution in [-0.2, 0) is 0 Å². The summed E-state index contributed by atoms with van der Waals surface area (Å²) in [6.45, 7) is 2.04. The summed E-state index contributed by atoms with van der Waals surface area (Å²) in [5, 5.41) is 8.26. The van der Waals surface area contributed by atoms with Crippen molar-refractivity contribution in [2.45, 2.75) is 6.92 Å². The third-order valence-electron chi connectivity index (χ3n) is 2.87. The van der Waals surface area contributed by atoms with Crippen LogP contribution < -0.4 is 0 Å². The molecule has 0 spiro atoms. The zero-order chi connectivity index (χ0) is 12.5. The van der Waals surface area contributed by atoms with Crippen molar-refractivity contribution in [1.82, 2.24) is 14.6 Å². The predicted octanol–water partition coefficient (Wildman–Crippen LogP) is 2.52. The predicted molar refractivity (Wildman–Crippen MR) is 68.5 cm³/mol.